The van der Waals surface area contributed by atoms with Crippen molar-refractivity contribution in [3.05, 3.63) is 29.8 Å². The molecular weight excluding hydrogens is 191 g/mol. The monoisotopic (exact) mass is 202 g/mol. The number of hydrogen-bond acceptors (Lipinski definition) is 3. The molecule has 1 atom stereocenters. The number of aliphatic carboxylic acids is 1. The van der Waals surface area contributed by atoms with E-state index in [1.807, 2.05) is 0 Å². The fraction of sp³-hybridized carbons (Fsp3) is 0.300. The van der Waals surface area contributed by atoms with Gasteiger partial charge < -0.3 is 14.6 Å². The summed E-state index contributed by atoms with van der Waals surface area (Å²) < 4.78 is 5.03. The van der Waals surface area contributed by atoms with E-state index in [9.17, 15) is 9.90 Å². The maximum atomic E-state index is 10.6. The van der Waals surface area contributed by atoms with Gasteiger partial charge in [-0.3, -0.25) is 0 Å². The van der Waals surface area contributed by atoms with Gasteiger partial charge in [-0.25, -0.2) is 0 Å². The topological polar surface area (TPSA) is 49.4 Å². The molecule has 0 amide bonds. The van der Waals surface area contributed by atoms with Crippen molar-refractivity contribution in [1.82, 2.24) is 0 Å². The van der Waals surface area contributed by atoms with Gasteiger partial charge in [0.15, 0.2) is 0 Å². The van der Waals surface area contributed by atoms with Crippen LogP contribution in [-0.4, -0.2) is 13.1 Å². The van der Waals surface area contributed by atoms with Gasteiger partial charge in [-0.15, -0.1) is 0 Å². The van der Waals surface area contributed by atoms with Crippen LogP contribution in [0.15, 0.2) is 24.3 Å². The standard InChI is InChI=1S/C10H12O3.Na/c1-7(10(11)12)8-5-3-4-6-9(8)13-2;/h3-7H,1-2H3,(H,11,12);/q;+1/p-1. The third kappa shape index (κ3) is 3.01. The molecule has 0 fully saturated rings. The van der Waals surface area contributed by atoms with Crippen LogP contribution in [0.4, 0.5) is 0 Å². The fourth-order valence-electron chi connectivity index (χ4n) is 1.15. The third-order valence-corrected chi connectivity index (χ3v) is 1.96. The second kappa shape index (κ2) is 6.06. The molecule has 0 aliphatic carbocycles. The number of ether oxygens (including phenoxy) is 1. The zero-order chi connectivity index (χ0) is 9.84. The molecule has 4 heteroatoms. The Morgan fingerprint density at radius 2 is 2.00 bits per heavy atom. The van der Waals surface area contributed by atoms with Gasteiger partial charge >= 0.3 is 29.6 Å². The molecule has 0 radical (unpaired) electrons. The summed E-state index contributed by atoms with van der Waals surface area (Å²) in [5, 5.41) is 10.6. The van der Waals surface area contributed by atoms with Gasteiger partial charge in [0.05, 0.1) is 7.11 Å². The van der Waals surface area contributed by atoms with Gasteiger partial charge in [0.1, 0.15) is 5.75 Å². The maximum Gasteiger partial charge on any atom is 1.00 e. The quantitative estimate of drug-likeness (QED) is 0.511. The number of carbonyl (C=O) groups is 1. The summed E-state index contributed by atoms with van der Waals surface area (Å²) in [6, 6.07) is 7.02. The van der Waals surface area contributed by atoms with Crippen LogP contribution in [0.2, 0.25) is 0 Å². The Morgan fingerprint density at radius 1 is 1.43 bits per heavy atom. The van der Waals surface area contributed by atoms with Crippen LogP contribution >= 0.6 is 0 Å². The largest absolute Gasteiger partial charge is 1.00 e. The van der Waals surface area contributed by atoms with Gasteiger partial charge in [0, 0.05) is 17.5 Å². The van der Waals surface area contributed by atoms with E-state index in [0.717, 1.165) is 0 Å². The average Bonchev–Trinajstić information content (AvgIpc) is 2.16. The molecule has 0 saturated carbocycles. The third-order valence-electron chi connectivity index (χ3n) is 1.96. The van der Waals surface area contributed by atoms with Crippen molar-refractivity contribution in [3.8, 4) is 5.75 Å². The van der Waals surface area contributed by atoms with Crippen LogP contribution in [0, 0.1) is 0 Å². The SMILES string of the molecule is COc1ccccc1C(C)C(=O)[O-].[Na+]. The Morgan fingerprint density at radius 3 is 2.50 bits per heavy atom. The molecule has 0 N–H and O–H groups in total. The molecule has 0 heterocycles. The van der Waals surface area contributed by atoms with E-state index in [0.29, 0.717) is 11.3 Å². The summed E-state index contributed by atoms with van der Waals surface area (Å²) in [4.78, 5) is 10.6. The molecule has 0 aliphatic rings. The van der Waals surface area contributed by atoms with Gasteiger partial charge in [-0.2, -0.15) is 0 Å². The molecule has 0 saturated heterocycles. The van der Waals surface area contributed by atoms with E-state index in [-0.39, 0.29) is 29.6 Å². The Balaban J connectivity index is 0.00000169. The molecule has 0 spiro atoms. The molecule has 1 aromatic carbocycles. The minimum absolute atomic E-state index is 0. The molecule has 3 nitrogen and oxygen atoms in total. The van der Waals surface area contributed by atoms with E-state index in [1.165, 1.54) is 7.11 Å². The van der Waals surface area contributed by atoms with Crippen molar-refractivity contribution in [2.24, 2.45) is 0 Å². The number of rotatable bonds is 3. The average molecular weight is 202 g/mol. The minimum atomic E-state index is -1.09. The maximum absolute atomic E-state index is 10.6. The number of para-hydroxylation sites is 1. The molecule has 0 aromatic heterocycles. The van der Waals surface area contributed by atoms with Crippen molar-refractivity contribution in [3.63, 3.8) is 0 Å². The molecule has 0 bridgehead atoms. The van der Waals surface area contributed by atoms with Crippen molar-refractivity contribution in [1.29, 1.82) is 0 Å². The van der Waals surface area contributed by atoms with E-state index < -0.39 is 11.9 Å². The molecule has 1 aromatic rings. The van der Waals surface area contributed by atoms with Crippen molar-refractivity contribution >= 4 is 5.97 Å². The Bertz CT molecular complexity index is 312. The molecular formula is C10H11NaO3. The minimum Gasteiger partial charge on any atom is -0.550 e. The van der Waals surface area contributed by atoms with E-state index in [4.69, 9.17) is 4.74 Å². The Labute approximate surface area is 105 Å². The van der Waals surface area contributed by atoms with Crippen LogP contribution in [0.1, 0.15) is 18.4 Å². The molecule has 0 aliphatic heterocycles. The molecule has 1 unspecified atom stereocenters. The van der Waals surface area contributed by atoms with Crippen LogP contribution in [0.25, 0.3) is 0 Å². The fourth-order valence-corrected chi connectivity index (χ4v) is 1.15. The van der Waals surface area contributed by atoms with Gasteiger partial charge in [-0.05, 0) is 6.07 Å². The number of methoxy groups -OCH3 is 1. The second-order valence-corrected chi connectivity index (χ2v) is 2.78. The van der Waals surface area contributed by atoms with Gasteiger partial charge in [0.25, 0.3) is 0 Å². The second-order valence-electron chi connectivity index (χ2n) is 2.78. The first-order valence-electron chi connectivity index (χ1n) is 4.00. The van der Waals surface area contributed by atoms with Crippen LogP contribution in [-0.2, 0) is 4.79 Å². The predicted molar refractivity (Wildman–Crippen MR) is 46.4 cm³/mol. The van der Waals surface area contributed by atoms with Gasteiger partial charge in [-0.1, -0.05) is 25.1 Å². The number of carboxylic acids is 1. The number of carbonyl (C=O) groups excluding carboxylic acids is 1. The summed E-state index contributed by atoms with van der Waals surface area (Å²) in [5.41, 5.74) is 0.644. The molecule has 1 rings (SSSR count). The van der Waals surface area contributed by atoms with E-state index >= 15 is 0 Å². The van der Waals surface area contributed by atoms with Crippen LogP contribution < -0.4 is 39.4 Å². The summed E-state index contributed by atoms with van der Waals surface area (Å²) in [6.45, 7) is 1.58. The van der Waals surface area contributed by atoms with E-state index in [2.05, 4.69) is 0 Å². The smallest absolute Gasteiger partial charge is 0.550 e. The summed E-state index contributed by atoms with van der Waals surface area (Å²) in [5.74, 6) is -1.15. The van der Waals surface area contributed by atoms with Crippen LogP contribution in [0.5, 0.6) is 5.75 Å². The van der Waals surface area contributed by atoms with Crippen LogP contribution in [0.3, 0.4) is 0 Å². The van der Waals surface area contributed by atoms with Gasteiger partial charge in [0.2, 0.25) is 0 Å². The Kier molecular flexibility index (Phi) is 5.84. The predicted octanol–water partition coefficient (Wildman–Crippen LogP) is -2.45. The Hall–Kier alpha value is -0.510. The first kappa shape index (κ1) is 13.5. The van der Waals surface area contributed by atoms with E-state index in [1.54, 1.807) is 31.2 Å². The van der Waals surface area contributed by atoms with Crippen molar-refractivity contribution < 1.29 is 44.2 Å². The number of carboxylic acid groups (broad SMARTS) is 1. The normalized spacial score (nSPS) is 11.3. The number of benzene rings is 1. The molecule has 14 heavy (non-hydrogen) atoms. The zero-order valence-electron chi connectivity index (χ0n) is 8.61. The summed E-state index contributed by atoms with van der Waals surface area (Å²) in [6.07, 6.45) is 0. The summed E-state index contributed by atoms with van der Waals surface area (Å²) in [7, 11) is 1.51. The molecule has 70 valence electrons. The first-order valence-corrected chi connectivity index (χ1v) is 4.00. The van der Waals surface area contributed by atoms with Crippen molar-refractivity contribution in [2.45, 2.75) is 12.8 Å². The van der Waals surface area contributed by atoms with Crippen molar-refractivity contribution in [2.75, 3.05) is 7.11 Å². The first-order chi connectivity index (χ1) is 6.16. The number of hydrogen-bond donors (Lipinski definition) is 0. The summed E-state index contributed by atoms with van der Waals surface area (Å²) >= 11 is 0. The zero-order valence-corrected chi connectivity index (χ0v) is 10.6.